The van der Waals surface area contributed by atoms with E-state index in [1.807, 2.05) is 0 Å². The first-order valence-corrected chi connectivity index (χ1v) is 11.8. The predicted octanol–water partition coefficient (Wildman–Crippen LogP) is 1.22. The number of nitrogens with zero attached hydrogens (tertiary/aromatic N) is 3. The Hall–Kier alpha value is -2.79. The molecule has 0 radical (unpaired) electrons. The van der Waals surface area contributed by atoms with Crippen molar-refractivity contribution < 1.29 is 43.7 Å². The summed E-state index contributed by atoms with van der Waals surface area (Å²) in [6, 6.07) is 2.41. The molecule has 0 aliphatic rings. The van der Waals surface area contributed by atoms with E-state index in [-0.39, 0.29) is 6.54 Å². The van der Waals surface area contributed by atoms with Gasteiger partial charge in [-0.3, -0.25) is 18.5 Å². The van der Waals surface area contributed by atoms with Crippen molar-refractivity contribution in [2.45, 2.75) is 21.1 Å². The number of rotatable bonds is 7. The highest BCUT2D eigenvalue weighted by atomic mass is 32.2. The van der Waals surface area contributed by atoms with E-state index < -0.39 is 73.8 Å². The molecular formula is C13H12N4O10S3. The van der Waals surface area contributed by atoms with Crippen molar-refractivity contribution in [2.75, 3.05) is 11.9 Å². The number of fused-ring (bicyclic) bond motifs is 1. The summed E-state index contributed by atoms with van der Waals surface area (Å²) in [6.45, 7) is -0.295. The zero-order chi connectivity index (χ0) is 22.9. The maximum atomic E-state index is 12.0. The van der Waals surface area contributed by atoms with E-state index in [1.165, 1.54) is 0 Å². The maximum Gasteiger partial charge on any atom is 0.295 e. The molecule has 2 aromatic carbocycles. The van der Waals surface area contributed by atoms with Crippen LogP contribution in [-0.4, -0.2) is 51.4 Å². The van der Waals surface area contributed by atoms with Gasteiger partial charge in [-0.15, -0.1) is 0 Å². The van der Waals surface area contributed by atoms with Crippen LogP contribution in [0.1, 0.15) is 6.42 Å². The molecule has 4 N–H and O–H groups in total. The van der Waals surface area contributed by atoms with E-state index in [9.17, 15) is 43.7 Å². The van der Waals surface area contributed by atoms with Gasteiger partial charge in [-0.25, -0.2) is 0 Å². The summed E-state index contributed by atoms with van der Waals surface area (Å²) in [5.41, 5.74) is 7.69. The quantitative estimate of drug-likeness (QED) is 0.191. The SMILES string of the molecule is [N-]=[N+]=NCCC(=O)Nc1cc(S(=O)(=O)O)cc2cc(S(=O)(=O)O)cc(S(=O)(=O)O)c12. The molecule has 0 aliphatic carbocycles. The van der Waals surface area contributed by atoms with Gasteiger partial charge in [0, 0.05) is 23.3 Å². The third-order valence-corrected chi connectivity index (χ3v) is 6.15. The van der Waals surface area contributed by atoms with Crippen molar-refractivity contribution >= 4 is 52.7 Å². The molecule has 0 heterocycles. The van der Waals surface area contributed by atoms with Crippen LogP contribution >= 0.6 is 0 Å². The summed E-state index contributed by atoms with van der Waals surface area (Å²) in [4.78, 5) is 11.5. The average Bonchev–Trinajstić information content (AvgIpc) is 2.58. The summed E-state index contributed by atoms with van der Waals surface area (Å²) in [5, 5.41) is 4.28. The number of hydrogen-bond acceptors (Lipinski definition) is 8. The fourth-order valence-electron chi connectivity index (χ4n) is 2.43. The Morgan fingerprint density at radius 3 is 1.93 bits per heavy atom. The molecule has 0 unspecified atom stereocenters. The molecule has 2 aromatic rings. The lowest BCUT2D eigenvalue weighted by atomic mass is 10.1. The highest BCUT2D eigenvalue weighted by Gasteiger charge is 2.25. The minimum atomic E-state index is -5.15. The van der Waals surface area contributed by atoms with Gasteiger partial charge in [0.05, 0.1) is 15.5 Å². The van der Waals surface area contributed by atoms with Crippen LogP contribution in [0, 0.1) is 0 Å². The van der Waals surface area contributed by atoms with Crippen LogP contribution in [0.2, 0.25) is 0 Å². The van der Waals surface area contributed by atoms with Gasteiger partial charge in [-0.05, 0) is 35.2 Å². The number of azide groups is 1. The lowest BCUT2D eigenvalue weighted by molar-refractivity contribution is -0.116. The Kier molecular flexibility index (Phi) is 6.38. The van der Waals surface area contributed by atoms with Crippen molar-refractivity contribution in [3.05, 3.63) is 34.7 Å². The molecule has 162 valence electrons. The normalized spacial score (nSPS) is 12.4. The number of anilines is 1. The Balaban J connectivity index is 2.92. The van der Waals surface area contributed by atoms with Crippen molar-refractivity contribution in [3.63, 3.8) is 0 Å². The second-order valence-corrected chi connectivity index (χ2v) is 9.90. The number of hydrogen-bond donors (Lipinski definition) is 4. The molecule has 0 aliphatic heterocycles. The standard InChI is InChI=1S/C13H12N4O10S3/c14-17-15-2-1-12(18)16-10-5-8(28(19,20)21)3-7-4-9(29(22,23)24)6-11(13(7)10)30(25,26)27/h3-6H,1-2H2,(H,16,18)(H,19,20,21)(H,22,23,24)(H,25,26,27). The van der Waals surface area contributed by atoms with Gasteiger partial charge in [-0.2, -0.15) is 25.3 Å². The number of amides is 1. The van der Waals surface area contributed by atoms with Crippen LogP contribution in [0.25, 0.3) is 21.2 Å². The molecule has 1 amide bonds. The first kappa shape index (κ1) is 23.5. The Morgan fingerprint density at radius 2 is 1.47 bits per heavy atom. The summed E-state index contributed by atoms with van der Waals surface area (Å²) in [7, 11) is -15.1. The van der Waals surface area contributed by atoms with E-state index in [4.69, 9.17) is 5.53 Å². The molecule has 0 spiro atoms. The van der Waals surface area contributed by atoms with Gasteiger partial charge in [0.2, 0.25) is 5.91 Å². The number of carbonyl (C=O) groups is 1. The number of nitrogens with one attached hydrogen (secondary N) is 1. The van der Waals surface area contributed by atoms with Gasteiger partial charge in [0.1, 0.15) is 4.90 Å². The minimum absolute atomic E-state index is 0.295. The van der Waals surface area contributed by atoms with Gasteiger partial charge >= 0.3 is 0 Å². The summed E-state index contributed by atoms with van der Waals surface area (Å²) in [5.74, 6) is -0.865. The second kappa shape index (κ2) is 8.15. The zero-order valence-corrected chi connectivity index (χ0v) is 16.9. The fourth-order valence-corrected chi connectivity index (χ4v) is 4.35. The molecule has 2 rings (SSSR count). The molecule has 0 saturated heterocycles. The van der Waals surface area contributed by atoms with Crippen LogP contribution in [0.4, 0.5) is 5.69 Å². The monoisotopic (exact) mass is 480 g/mol. The molecule has 30 heavy (non-hydrogen) atoms. The molecule has 0 bridgehead atoms. The van der Waals surface area contributed by atoms with E-state index in [2.05, 4.69) is 15.3 Å². The Labute approximate surface area is 169 Å². The van der Waals surface area contributed by atoms with Crippen LogP contribution < -0.4 is 5.32 Å². The summed E-state index contributed by atoms with van der Waals surface area (Å²) < 4.78 is 97.6. The van der Waals surface area contributed by atoms with Gasteiger partial charge < -0.3 is 5.32 Å². The highest BCUT2D eigenvalue weighted by Crippen LogP contribution is 2.35. The van der Waals surface area contributed by atoms with Gasteiger partial charge in [0.25, 0.3) is 30.4 Å². The van der Waals surface area contributed by atoms with Crippen LogP contribution in [0.5, 0.6) is 0 Å². The maximum absolute atomic E-state index is 12.0. The zero-order valence-electron chi connectivity index (χ0n) is 14.5. The van der Waals surface area contributed by atoms with E-state index in [0.717, 1.165) is 0 Å². The molecule has 0 atom stereocenters. The first-order valence-electron chi connectivity index (χ1n) is 7.49. The Bertz CT molecular complexity index is 1400. The van der Waals surface area contributed by atoms with E-state index >= 15 is 0 Å². The van der Waals surface area contributed by atoms with Crippen LogP contribution in [-0.2, 0) is 35.1 Å². The predicted molar refractivity (Wildman–Crippen MR) is 101 cm³/mol. The van der Waals surface area contributed by atoms with Gasteiger partial charge in [0.15, 0.2) is 0 Å². The van der Waals surface area contributed by atoms with Crippen molar-refractivity contribution in [2.24, 2.45) is 5.11 Å². The lowest BCUT2D eigenvalue weighted by Gasteiger charge is -2.14. The number of benzene rings is 2. The summed E-state index contributed by atoms with van der Waals surface area (Å²) in [6.07, 6.45) is -0.397. The van der Waals surface area contributed by atoms with E-state index in [0.29, 0.717) is 24.3 Å². The molecule has 0 aromatic heterocycles. The van der Waals surface area contributed by atoms with Crippen LogP contribution in [0.3, 0.4) is 0 Å². The van der Waals surface area contributed by atoms with Crippen molar-refractivity contribution in [1.29, 1.82) is 0 Å². The molecule has 14 nitrogen and oxygen atoms in total. The minimum Gasteiger partial charge on any atom is -0.325 e. The second-order valence-electron chi connectivity index (χ2n) is 5.67. The number of carbonyl (C=O) groups excluding carboxylic acids is 1. The molecule has 17 heteroatoms. The van der Waals surface area contributed by atoms with Gasteiger partial charge in [-0.1, -0.05) is 5.11 Å². The highest BCUT2D eigenvalue weighted by molar-refractivity contribution is 7.87. The van der Waals surface area contributed by atoms with Crippen molar-refractivity contribution in [3.8, 4) is 0 Å². The van der Waals surface area contributed by atoms with Crippen LogP contribution in [0.15, 0.2) is 44.1 Å². The molecule has 0 fully saturated rings. The van der Waals surface area contributed by atoms with E-state index in [1.54, 1.807) is 0 Å². The average molecular weight is 480 g/mol. The Morgan fingerprint density at radius 1 is 0.933 bits per heavy atom. The third kappa shape index (κ3) is 5.42. The molecular weight excluding hydrogens is 468 g/mol. The third-order valence-electron chi connectivity index (χ3n) is 3.61. The largest absolute Gasteiger partial charge is 0.325 e. The molecule has 0 saturated carbocycles. The van der Waals surface area contributed by atoms with Crippen molar-refractivity contribution in [1.82, 2.24) is 0 Å². The topological polar surface area (TPSA) is 241 Å². The smallest absolute Gasteiger partial charge is 0.295 e. The lowest BCUT2D eigenvalue weighted by Crippen LogP contribution is -2.14. The fraction of sp³-hybridized carbons (Fsp3) is 0.154. The summed E-state index contributed by atoms with van der Waals surface area (Å²) >= 11 is 0. The first-order chi connectivity index (χ1) is 13.6.